The SMILES string of the molecule is CCOC(=O)/C=C(\Nc1ccccc1)C(C)Oc1ccc(Oc2ccc(C(F)(F)F)cc2)cc1. The Morgan fingerprint density at radius 3 is 2.03 bits per heavy atom. The fourth-order valence-corrected chi connectivity index (χ4v) is 2.96. The summed E-state index contributed by atoms with van der Waals surface area (Å²) in [5.41, 5.74) is 0.553. The molecule has 3 aromatic carbocycles. The van der Waals surface area contributed by atoms with Crippen LogP contribution in [0.15, 0.2) is 90.6 Å². The highest BCUT2D eigenvalue weighted by Crippen LogP contribution is 2.32. The van der Waals surface area contributed by atoms with Crippen LogP contribution in [0.1, 0.15) is 19.4 Å². The molecule has 178 valence electrons. The second kappa shape index (κ2) is 11.3. The number of halogens is 3. The van der Waals surface area contributed by atoms with Crippen LogP contribution >= 0.6 is 0 Å². The summed E-state index contributed by atoms with van der Waals surface area (Å²) in [6.07, 6.45) is -3.57. The highest BCUT2D eigenvalue weighted by Gasteiger charge is 2.30. The van der Waals surface area contributed by atoms with Gasteiger partial charge in [-0.15, -0.1) is 0 Å². The maximum Gasteiger partial charge on any atom is 0.416 e. The Hall–Kier alpha value is -3.94. The number of alkyl halides is 3. The van der Waals surface area contributed by atoms with Gasteiger partial charge >= 0.3 is 12.1 Å². The first-order valence-electron chi connectivity index (χ1n) is 10.6. The van der Waals surface area contributed by atoms with Gasteiger partial charge in [0, 0.05) is 11.8 Å². The van der Waals surface area contributed by atoms with Gasteiger partial charge in [0.05, 0.1) is 17.9 Å². The van der Waals surface area contributed by atoms with E-state index in [1.54, 1.807) is 38.1 Å². The van der Waals surface area contributed by atoms with E-state index < -0.39 is 23.8 Å². The summed E-state index contributed by atoms with van der Waals surface area (Å²) >= 11 is 0. The summed E-state index contributed by atoms with van der Waals surface area (Å²) in [6, 6.07) is 20.4. The van der Waals surface area contributed by atoms with E-state index in [-0.39, 0.29) is 12.4 Å². The van der Waals surface area contributed by atoms with E-state index in [0.29, 0.717) is 17.2 Å². The smallest absolute Gasteiger partial charge is 0.416 e. The molecule has 0 aliphatic carbocycles. The van der Waals surface area contributed by atoms with Gasteiger partial charge in [-0.25, -0.2) is 4.79 Å². The molecule has 0 spiro atoms. The Bertz CT molecular complexity index is 1100. The number of benzene rings is 3. The number of anilines is 1. The van der Waals surface area contributed by atoms with Crippen molar-refractivity contribution in [2.75, 3.05) is 11.9 Å². The molecule has 1 atom stereocenters. The first kappa shape index (κ1) is 24.7. The summed E-state index contributed by atoms with van der Waals surface area (Å²) in [6.45, 7) is 3.77. The number of carbonyl (C=O) groups excluding carboxylic acids is 1. The fourth-order valence-electron chi connectivity index (χ4n) is 2.96. The summed E-state index contributed by atoms with van der Waals surface area (Å²) in [7, 11) is 0. The molecule has 0 aliphatic rings. The van der Waals surface area contributed by atoms with Crippen LogP contribution in [0.5, 0.6) is 17.2 Å². The lowest BCUT2D eigenvalue weighted by Gasteiger charge is -2.20. The van der Waals surface area contributed by atoms with E-state index in [0.717, 1.165) is 17.8 Å². The van der Waals surface area contributed by atoms with Crippen molar-refractivity contribution in [3.63, 3.8) is 0 Å². The van der Waals surface area contributed by atoms with E-state index >= 15 is 0 Å². The minimum absolute atomic E-state index is 0.254. The second-order valence-electron chi connectivity index (χ2n) is 7.20. The number of esters is 1. The maximum absolute atomic E-state index is 12.7. The molecule has 0 saturated heterocycles. The van der Waals surface area contributed by atoms with Gasteiger partial charge in [-0.2, -0.15) is 13.2 Å². The monoisotopic (exact) mass is 471 g/mol. The normalized spacial score (nSPS) is 12.6. The average molecular weight is 471 g/mol. The maximum atomic E-state index is 12.7. The molecule has 1 unspecified atom stereocenters. The van der Waals surface area contributed by atoms with Crippen molar-refractivity contribution in [1.82, 2.24) is 0 Å². The van der Waals surface area contributed by atoms with Gasteiger partial charge in [-0.1, -0.05) is 18.2 Å². The minimum Gasteiger partial charge on any atom is -0.485 e. The molecule has 3 rings (SSSR count). The van der Waals surface area contributed by atoms with Gasteiger partial charge in [0.15, 0.2) is 0 Å². The molecule has 0 aliphatic heterocycles. The van der Waals surface area contributed by atoms with Gasteiger partial charge in [-0.3, -0.25) is 0 Å². The topological polar surface area (TPSA) is 56.8 Å². The standard InChI is InChI=1S/C26H24F3NO4/c1-3-32-25(31)17-24(30-20-7-5-4-6-8-20)18(2)33-21-13-15-23(16-14-21)34-22-11-9-19(10-12-22)26(27,28)29/h4-18,30H,3H2,1-2H3/b24-17-. The van der Waals surface area contributed by atoms with Crippen molar-refractivity contribution in [3.8, 4) is 17.2 Å². The van der Waals surface area contributed by atoms with Gasteiger partial charge < -0.3 is 19.5 Å². The van der Waals surface area contributed by atoms with Crippen molar-refractivity contribution < 1.29 is 32.2 Å². The zero-order valence-corrected chi connectivity index (χ0v) is 18.6. The summed E-state index contributed by atoms with van der Waals surface area (Å²) in [5, 5.41) is 3.18. The Labute approximate surface area is 195 Å². The van der Waals surface area contributed by atoms with Gasteiger partial charge in [-0.05, 0) is 74.5 Å². The lowest BCUT2D eigenvalue weighted by atomic mass is 10.2. The number of rotatable bonds is 9. The number of ether oxygens (including phenoxy) is 3. The number of nitrogens with one attached hydrogen (secondary N) is 1. The third kappa shape index (κ3) is 7.30. The number of carbonyl (C=O) groups is 1. The molecule has 0 fully saturated rings. The van der Waals surface area contributed by atoms with Crippen LogP contribution in [0.3, 0.4) is 0 Å². The van der Waals surface area contributed by atoms with Crippen molar-refractivity contribution in [1.29, 1.82) is 0 Å². The molecule has 0 saturated carbocycles. The molecule has 3 aromatic rings. The lowest BCUT2D eigenvalue weighted by molar-refractivity contribution is -0.138. The molecule has 0 aromatic heterocycles. The number of hydrogen-bond acceptors (Lipinski definition) is 5. The van der Waals surface area contributed by atoms with Gasteiger partial charge in [0.1, 0.15) is 23.4 Å². The van der Waals surface area contributed by atoms with E-state index in [9.17, 15) is 18.0 Å². The van der Waals surface area contributed by atoms with Crippen LogP contribution in [0.2, 0.25) is 0 Å². The van der Waals surface area contributed by atoms with E-state index in [2.05, 4.69) is 5.32 Å². The van der Waals surface area contributed by atoms with Crippen LogP contribution < -0.4 is 14.8 Å². The molecule has 8 heteroatoms. The average Bonchev–Trinajstić information content (AvgIpc) is 2.80. The molecule has 0 heterocycles. The van der Waals surface area contributed by atoms with Crippen LogP contribution in [0, 0.1) is 0 Å². The quantitative estimate of drug-likeness (QED) is 0.274. The van der Waals surface area contributed by atoms with Crippen molar-refractivity contribution in [3.05, 3.63) is 96.2 Å². The van der Waals surface area contributed by atoms with Crippen LogP contribution in [0.25, 0.3) is 0 Å². The number of para-hydroxylation sites is 1. The summed E-state index contributed by atoms with van der Waals surface area (Å²) in [4.78, 5) is 12.0. The Morgan fingerprint density at radius 1 is 0.912 bits per heavy atom. The molecule has 5 nitrogen and oxygen atoms in total. The molecular weight excluding hydrogens is 447 g/mol. The highest BCUT2D eigenvalue weighted by molar-refractivity contribution is 5.83. The fraction of sp³-hybridized carbons (Fsp3) is 0.192. The first-order chi connectivity index (χ1) is 16.2. The van der Waals surface area contributed by atoms with Crippen LogP contribution in [-0.2, 0) is 15.7 Å². The molecule has 1 N–H and O–H groups in total. The van der Waals surface area contributed by atoms with Crippen molar-refractivity contribution in [2.45, 2.75) is 26.1 Å². The lowest BCUT2D eigenvalue weighted by Crippen LogP contribution is -2.22. The Balaban J connectivity index is 1.67. The van der Waals surface area contributed by atoms with E-state index in [4.69, 9.17) is 14.2 Å². The Morgan fingerprint density at radius 2 is 1.47 bits per heavy atom. The van der Waals surface area contributed by atoms with Gasteiger partial charge in [0.2, 0.25) is 0 Å². The predicted octanol–water partition coefficient (Wildman–Crippen LogP) is 6.82. The zero-order valence-electron chi connectivity index (χ0n) is 18.6. The molecule has 0 amide bonds. The van der Waals surface area contributed by atoms with Crippen LogP contribution in [-0.4, -0.2) is 18.7 Å². The second-order valence-corrected chi connectivity index (χ2v) is 7.20. The number of hydrogen-bond donors (Lipinski definition) is 1. The highest BCUT2D eigenvalue weighted by atomic mass is 19.4. The Kier molecular flexibility index (Phi) is 8.19. The molecule has 34 heavy (non-hydrogen) atoms. The summed E-state index contributed by atoms with van der Waals surface area (Å²) in [5.74, 6) is 0.736. The third-order valence-electron chi connectivity index (χ3n) is 4.61. The van der Waals surface area contributed by atoms with Crippen molar-refractivity contribution in [2.24, 2.45) is 0 Å². The van der Waals surface area contributed by atoms with Crippen molar-refractivity contribution >= 4 is 11.7 Å². The minimum atomic E-state index is -4.40. The van der Waals surface area contributed by atoms with Gasteiger partial charge in [0.25, 0.3) is 0 Å². The zero-order chi connectivity index (χ0) is 24.6. The molecule has 0 bridgehead atoms. The van der Waals surface area contributed by atoms with E-state index in [1.807, 2.05) is 30.3 Å². The largest absolute Gasteiger partial charge is 0.485 e. The summed E-state index contributed by atoms with van der Waals surface area (Å²) < 4.78 is 54.7. The molecule has 0 radical (unpaired) electrons. The predicted molar refractivity (Wildman–Crippen MR) is 123 cm³/mol. The third-order valence-corrected chi connectivity index (χ3v) is 4.61. The molecular formula is C26H24F3NO4. The van der Waals surface area contributed by atoms with Crippen LogP contribution in [0.4, 0.5) is 18.9 Å². The first-order valence-corrected chi connectivity index (χ1v) is 10.6. The van der Waals surface area contributed by atoms with E-state index in [1.165, 1.54) is 18.2 Å².